The number of esters is 4. The summed E-state index contributed by atoms with van der Waals surface area (Å²) in [5, 5.41) is 10.6. The van der Waals surface area contributed by atoms with Crippen molar-refractivity contribution < 1.29 is 80.2 Å². The van der Waals surface area contributed by atoms with E-state index in [9.17, 15) is 43.2 Å². The average Bonchev–Trinajstić information content (AvgIpc) is 3.63. The van der Waals surface area contributed by atoms with Crippen molar-refractivity contribution in [2.45, 2.75) is 374 Å². The highest BCUT2D eigenvalue weighted by atomic mass is 31.2. The number of rotatable bonds is 69. The van der Waals surface area contributed by atoms with Crippen molar-refractivity contribution in [3.05, 3.63) is 0 Å². The van der Waals surface area contributed by atoms with E-state index in [1.807, 2.05) is 0 Å². The van der Waals surface area contributed by atoms with E-state index in [-0.39, 0.29) is 25.7 Å². The van der Waals surface area contributed by atoms with Crippen LogP contribution >= 0.6 is 15.6 Å². The maximum Gasteiger partial charge on any atom is 0.472 e. The number of carbonyl (C=O) groups is 4. The van der Waals surface area contributed by atoms with E-state index in [1.165, 1.54) is 167 Å². The van der Waals surface area contributed by atoms with Gasteiger partial charge in [0.2, 0.25) is 0 Å². The maximum atomic E-state index is 13.0. The van der Waals surface area contributed by atoms with Crippen LogP contribution in [-0.4, -0.2) is 96.7 Å². The molecule has 528 valence electrons. The molecule has 0 aliphatic carbocycles. The Bertz CT molecular complexity index is 1740. The quantitative estimate of drug-likeness (QED) is 0.0222. The first-order valence-corrected chi connectivity index (χ1v) is 39.5. The number of aliphatic hydroxyl groups is 1. The minimum Gasteiger partial charge on any atom is -0.462 e. The van der Waals surface area contributed by atoms with Crippen LogP contribution in [0.4, 0.5) is 0 Å². The summed E-state index contributed by atoms with van der Waals surface area (Å²) in [5.74, 6) is -0.666. The lowest BCUT2D eigenvalue weighted by Crippen LogP contribution is -2.30. The number of phosphoric ester groups is 2. The second kappa shape index (κ2) is 62.2. The smallest absolute Gasteiger partial charge is 0.462 e. The molecule has 0 aromatic heterocycles. The molecule has 17 nitrogen and oxygen atoms in total. The molecule has 0 radical (unpaired) electrons. The molecular weight excluding hydrogens is 1170 g/mol. The molecule has 0 aliphatic rings. The molecule has 0 heterocycles. The number of hydrogen-bond acceptors (Lipinski definition) is 15. The van der Waals surface area contributed by atoms with E-state index in [1.54, 1.807) is 0 Å². The van der Waals surface area contributed by atoms with E-state index >= 15 is 0 Å². The summed E-state index contributed by atoms with van der Waals surface area (Å²) in [6, 6.07) is 0. The van der Waals surface area contributed by atoms with Crippen LogP contribution in [0, 0.1) is 11.8 Å². The molecule has 0 spiro atoms. The Balaban J connectivity index is 5.19. The van der Waals surface area contributed by atoms with E-state index < -0.39 is 97.5 Å². The van der Waals surface area contributed by atoms with Crippen LogP contribution in [0.2, 0.25) is 0 Å². The van der Waals surface area contributed by atoms with Crippen LogP contribution in [0.15, 0.2) is 0 Å². The van der Waals surface area contributed by atoms with E-state index in [2.05, 4.69) is 41.5 Å². The standard InChI is InChI=1S/C70H136O17P2/c1-7-10-12-14-16-18-19-20-21-22-23-24-25-26-27-30-35-42-48-54-69(74)86-65(58-81-68(73)53-47-41-34-31-28-29-32-38-44-50-62(4)5)60-84-88(76,77)82-56-64(71)57-83-89(78,79)85-61-66(59-80-67(72)52-46-40-33-17-15-13-11-8-2)87-70(75)55-49-43-37-36-39-45-51-63(6)9-3/h62-66,71H,7-61H2,1-6H3,(H,76,77)(H,78,79)/t63?,64-,65-,66-/m1/s1. The lowest BCUT2D eigenvalue weighted by Gasteiger charge is -2.21. The summed E-state index contributed by atoms with van der Waals surface area (Å²) >= 11 is 0. The molecule has 3 N–H and O–H groups in total. The monoisotopic (exact) mass is 1310 g/mol. The zero-order chi connectivity index (χ0) is 65.7. The number of ether oxygens (including phenoxy) is 4. The molecule has 3 unspecified atom stereocenters. The summed E-state index contributed by atoms with van der Waals surface area (Å²) in [6.07, 6.45) is 47.4. The summed E-state index contributed by atoms with van der Waals surface area (Å²) in [7, 11) is -9.90. The van der Waals surface area contributed by atoms with Crippen molar-refractivity contribution in [2.75, 3.05) is 39.6 Å². The van der Waals surface area contributed by atoms with Crippen molar-refractivity contribution in [2.24, 2.45) is 11.8 Å². The fourth-order valence-electron chi connectivity index (χ4n) is 10.6. The Labute approximate surface area is 543 Å². The molecular formula is C70H136O17P2. The first kappa shape index (κ1) is 87.1. The predicted octanol–water partition coefficient (Wildman–Crippen LogP) is 20.0. The molecule has 89 heavy (non-hydrogen) atoms. The van der Waals surface area contributed by atoms with Crippen LogP contribution in [-0.2, 0) is 65.4 Å². The summed E-state index contributed by atoms with van der Waals surface area (Å²) in [5.41, 5.74) is 0. The number of carbonyl (C=O) groups excluding carboxylic acids is 4. The molecule has 0 rings (SSSR count). The molecule has 0 aromatic rings. The fraction of sp³-hybridized carbons (Fsp3) is 0.943. The average molecular weight is 1310 g/mol. The van der Waals surface area contributed by atoms with Crippen molar-refractivity contribution >= 4 is 39.5 Å². The zero-order valence-electron chi connectivity index (χ0n) is 57.7. The zero-order valence-corrected chi connectivity index (χ0v) is 59.5. The third-order valence-corrected chi connectivity index (χ3v) is 18.5. The maximum absolute atomic E-state index is 13.0. The van der Waals surface area contributed by atoms with Gasteiger partial charge in [0.25, 0.3) is 0 Å². The molecule has 0 saturated carbocycles. The molecule has 0 aromatic carbocycles. The van der Waals surface area contributed by atoms with Gasteiger partial charge in [0, 0.05) is 25.7 Å². The molecule has 0 saturated heterocycles. The normalized spacial score (nSPS) is 14.4. The fourth-order valence-corrected chi connectivity index (χ4v) is 12.1. The second-order valence-corrected chi connectivity index (χ2v) is 28.9. The van der Waals surface area contributed by atoms with Gasteiger partial charge in [-0.3, -0.25) is 37.3 Å². The summed E-state index contributed by atoms with van der Waals surface area (Å²) < 4.78 is 68.2. The largest absolute Gasteiger partial charge is 0.472 e. The molecule has 0 bridgehead atoms. The first-order chi connectivity index (χ1) is 42.9. The topological polar surface area (TPSA) is 237 Å². The van der Waals surface area contributed by atoms with E-state index in [0.29, 0.717) is 25.7 Å². The highest BCUT2D eigenvalue weighted by Gasteiger charge is 2.30. The molecule has 0 fully saturated rings. The summed E-state index contributed by atoms with van der Waals surface area (Å²) in [4.78, 5) is 72.4. The van der Waals surface area contributed by atoms with Crippen molar-refractivity contribution in [3.63, 3.8) is 0 Å². The van der Waals surface area contributed by atoms with E-state index in [0.717, 1.165) is 108 Å². The van der Waals surface area contributed by atoms with Gasteiger partial charge < -0.3 is 33.8 Å². The minimum atomic E-state index is -4.95. The lowest BCUT2D eigenvalue weighted by atomic mass is 10.00. The van der Waals surface area contributed by atoms with Gasteiger partial charge in [-0.25, -0.2) is 9.13 Å². The number of hydrogen-bond donors (Lipinski definition) is 3. The molecule has 6 atom stereocenters. The summed E-state index contributed by atoms with van der Waals surface area (Å²) in [6.45, 7) is 9.45. The molecule has 19 heteroatoms. The number of phosphoric acid groups is 2. The Kier molecular flexibility index (Phi) is 60.8. The van der Waals surface area contributed by atoms with Gasteiger partial charge in [-0.2, -0.15) is 0 Å². The highest BCUT2D eigenvalue weighted by Crippen LogP contribution is 2.45. The number of aliphatic hydroxyl groups excluding tert-OH is 1. The Morgan fingerprint density at radius 2 is 0.573 bits per heavy atom. The first-order valence-electron chi connectivity index (χ1n) is 36.5. The van der Waals surface area contributed by atoms with Gasteiger partial charge in [0.15, 0.2) is 12.2 Å². The highest BCUT2D eigenvalue weighted by molar-refractivity contribution is 7.47. The van der Waals surface area contributed by atoms with E-state index in [4.69, 9.17) is 37.0 Å². The van der Waals surface area contributed by atoms with Gasteiger partial charge in [0.1, 0.15) is 19.3 Å². The van der Waals surface area contributed by atoms with Gasteiger partial charge in [-0.05, 0) is 37.5 Å². The van der Waals surface area contributed by atoms with Gasteiger partial charge in [-0.1, -0.05) is 305 Å². The second-order valence-electron chi connectivity index (χ2n) is 26.0. The minimum absolute atomic E-state index is 0.103. The van der Waals surface area contributed by atoms with Gasteiger partial charge in [-0.15, -0.1) is 0 Å². The Morgan fingerprint density at radius 3 is 0.854 bits per heavy atom. The molecule has 0 amide bonds. The lowest BCUT2D eigenvalue weighted by molar-refractivity contribution is -0.161. The number of unbranched alkanes of at least 4 members (excludes halogenated alkanes) is 38. The SMILES string of the molecule is CCCCCCCCCCCCCCCCCCCCCC(=O)O[C@H](COC(=O)CCCCCCCCCCCC(C)C)COP(=O)(O)OC[C@@H](O)COP(=O)(O)OC[C@@H](COC(=O)CCCCCCCCCC)OC(=O)CCCCCCCCC(C)CC. The third-order valence-electron chi connectivity index (χ3n) is 16.6. The van der Waals surface area contributed by atoms with Gasteiger partial charge in [0.05, 0.1) is 26.4 Å². The van der Waals surface area contributed by atoms with Crippen LogP contribution < -0.4 is 0 Å². The molecule has 0 aliphatic heterocycles. The predicted molar refractivity (Wildman–Crippen MR) is 358 cm³/mol. The Hall–Kier alpha value is -1.94. The van der Waals surface area contributed by atoms with Crippen LogP contribution in [0.5, 0.6) is 0 Å². The third kappa shape index (κ3) is 63.2. The van der Waals surface area contributed by atoms with Gasteiger partial charge >= 0.3 is 39.5 Å². The Morgan fingerprint density at radius 1 is 0.326 bits per heavy atom. The van der Waals surface area contributed by atoms with Crippen molar-refractivity contribution in [3.8, 4) is 0 Å². The van der Waals surface area contributed by atoms with Crippen LogP contribution in [0.1, 0.15) is 356 Å². The van der Waals surface area contributed by atoms with Crippen LogP contribution in [0.3, 0.4) is 0 Å². The van der Waals surface area contributed by atoms with Crippen molar-refractivity contribution in [1.29, 1.82) is 0 Å². The van der Waals surface area contributed by atoms with Crippen molar-refractivity contribution in [1.82, 2.24) is 0 Å². The van der Waals surface area contributed by atoms with Crippen LogP contribution in [0.25, 0.3) is 0 Å².